The van der Waals surface area contributed by atoms with Crippen LogP contribution < -0.4 is 11.3 Å². The van der Waals surface area contributed by atoms with E-state index >= 15 is 0 Å². The summed E-state index contributed by atoms with van der Waals surface area (Å²) in [5.41, 5.74) is 9.66. The third-order valence-corrected chi connectivity index (χ3v) is 4.12. The molecule has 2 heterocycles. The van der Waals surface area contributed by atoms with Crippen molar-refractivity contribution in [1.29, 1.82) is 0 Å². The number of anilines is 1. The molecule has 0 aliphatic carbocycles. The minimum Gasteiger partial charge on any atom is -0.399 e. The Morgan fingerprint density at radius 2 is 1.81 bits per heavy atom. The van der Waals surface area contributed by atoms with E-state index in [4.69, 9.17) is 10.3 Å². The average molecular weight is 359 g/mol. The number of benzene rings is 2. The number of nitrogens with two attached hydrogens (primary N) is 1. The highest BCUT2D eigenvalue weighted by Gasteiger charge is 2.08. The second-order valence-electron chi connectivity index (χ2n) is 6.17. The molecule has 134 valence electrons. The Bertz CT molecular complexity index is 1150. The van der Waals surface area contributed by atoms with E-state index in [1.807, 2.05) is 48.5 Å². The third-order valence-electron chi connectivity index (χ3n) is 4.12. The summed E-state index contributed by atoms with van der Waals surface area (Å²) in [5, 5.41) is 8.40. The van der Waals surface area contributed by atoms with E-state index in [1.165, 1.54) is 10.7 Å². The van der Waals surface area contributed by atoms with Gasteiger partial charge in [-0.25, -0.2) is 4.68 Å². The quantitative estimate of drug-likeness (QED) is 0.562. The summed E-state index contributed by atoms with van der Waals surface area (Å²) in [6.07, 6.45) is 0. The van der Waals surface area contributed by atoms with Crippen LogP contribution in [0.15, 0.2) is 70.0 Å². The molecule has 7 nitrogen and oxygen atoms in total. The Kier molecular flexibility index (Phi) is 4.25. The van der Waals surface area contributed by atoms with E-state index in [0.717, 1.165) is 16.7 Å². The van der Waals surface area contributed by atoms with Gasteiger partial charge < -0.3 is 10.3 Å². The summed E-state index contributed by atoms with van der Waals surface area (Å²) in [5.74, 6) is 1.06. The fourth-order valence-electron chi connectivity index (χ4n) is 2.79. The molecule has 0 saturated heterocycles. The van der Waals surface area contributed by atoms with Gasteiger partial charge in [0.1, 0.15) is 0 Å². The SMILES string of the molecule is Cc1nc(-c2ccc(-c3ccc(=O)n(Cc4cccc(N)c4)n3)cc2)no1. The van der Waals surface area contributed by atoms with Crippen molar-refractivity contribution in [1.82, 2.24) is 19.9 Å². The molecule has 0 aliphatic heterocycles. The van der Waals surface area contributed by atoms with Gasteiger partial charge in [-0.2, -0.15) is 10.1 Å². The highest BCUT2D eigenvalue weighted by atomic mass is 16.5. The number of aryl methyl sites for hydroxylation is 1. The normalized spacial score (nSPS) is 10.9. The van der Waals surface area contributed by atoms with Crippen LogP contribution >= 0.6 is 0 Å². The summed E-state index contributed by atoms with van der Waals surface area (Å²) < 4.78 is 6.44. The molecule has 4 aromatic rings. The number of hydrogen-bond acceptors (Lipinski definition) is 6. The van der Waals surface area contributed by atoms with E-state index in [-0.39, 0.29) is 5.56 Å². The Morgan fingerprint density at radius 1 is 1.04 bits per heavy atom. The fraction of sp³-hybridized carbons (Fsp3) is 0.100. The molecule has 0 fully saturated rings. The average Bonchev–Trinajstić information content (AvgIpc) is 3.10. The minimum atomic E-state index is -0.167. The molecule has 7 heteroatoms. The van der Waals surface area contributed by atoms with Crippen LogP contribution in [-0.2, 0) is 6.54 Å². The Balaban J connectivity index is 1.63. The van der Waals surface area contributed by atoms with Gasteiger partial charge in [0.25, 0.3) is 5.56 Å². The number of hydrogen-bond donors (Lipinski definition) is 1. The second kappa shape index (κ2) is 6.87. The molecule has 0 radical (unpaired) electrons. The molecule has 2 aromatic heterocycles. The molecule has 0 aliphatic rings. The molecule has 0 atom stereocenters. The van der Waals surface area contributed by atoms with Crippen LogP contribution in [0.4, 0.5) is 5.69 Å². The maximum Gasteiger partial charge on any atom is 0.267 e. The lowest BCUT2D eigenvalue weighted by Gasteiger charge is -2.08. The van der Waals surface area contributed by atoms with E-state index in [0.29, 0.717) is 29.6 Å². The van der Waals surface area contributed by atoms with Crippen molar-refractivity contribution in [2.24, 2.45) is 0 Å². The van der Waals surface area contributed by atoms with Crippen molar-refractivity contribution in [3.63, 3.8) is 0 Å². The van der Waals surface area contributed by atoms with Crippen LogP contribution in [0.1, 0.15) is 11.5 Å². The first kappa shape index (κ1) is 16.7. The molecule has 2 N–H and O–H groups in total. The van der Waals surface area contributed by atoms with E-state index < -0.39 is 0 Å². The van der Waals surface area contributed by atoms with Crippen LogP contribution in [0, 0.1) is 6.92 Å². The van der Waals surface area contributed by atoms with E-state index in [2.05, 4.69) is 15.2 Å². The van der Waals surface area contributed by atoms with Gasteiger partial charge in [-0.3, -0.25) is 4.79 Å². The van der Waals surface area contributed by atoms with E-state index in [9.17, 15) is 4.79 Å². The number of nitrogen functional groups attached to an aromatic ring is 1. The number of aromatic nitrogens is 4. The Morgan fingerprint density at radius 3 is 2.52 bits per heavy atom. The van der Waals surface area contributed by atoms with Crippen molar-refractivity contribution >= 4 is 5.69 Å². The van der Waals surface area contributed by atoms with Crippen molar-refractivity contribution in [2.75, 3.05) is 5.73 Å². The molecule has 0 spiro atoms. The van der Waals surface area contributed by atoms with Gasteiger partial charge in [0.15, 0.2) is 0 Å². The van der Waals surface area contributed by atoms with Crippen LogP contribution in [0.5, 0.6) is 0 Å². The molecule has 0 bridgehead atoms. The second-order valence-corrected chi connectivity index (χ2v) is 6.17. The summed E-state index contributed by atoms with van der Waals surface area (Å²) in [6.45, 7) is 2.11. The van der Waals surface area contributed by atoms with Crippen LogP contribution in [0.25, 0.3) is 22.6 Å². The highest BCUT2D eigenvalue weighted by molar-refractivity contribution is 5.64. The van der Waals surface area contributed by atoms with Gasteiger partial charge in [-0.05, 0) is 23.8 Å². The molecule has 0 amide bonds. The van der Waals surface area contributed by atoms with Crippen LogP contribution in [0.3, 0.4) is 0 Å². The van der Waals surface area contributed by atoms with Gasteiger partial charge in [0, 0.05) is 29.8 Å². The minimum absolute atomic E-state index is 0.167. The van der Waals surface area contributed by atoms with Gasteiger partial charge in [0.05, 0.1) is 12.2 Å². The van der Waals surface area contributed by atoms with Gasteiger partial charge in [0.2, 0.25) is 11.7 Å². The predicted octanol–water partition coefficient (Wildman–Crippen LogP) is 2.90. The fourth-order valence-corrected chi connectivity index (χ4v) is 2.79. The van der Waals surface area contributed by atoms with Crippen LogP contribution in [0.2, 0.25) is 0 Å². The number of rotatable bonds is 4. The first-order valence-electron chi connectivity index (χ1n) is 8.42. The highest BCUT2D eigenvalue weighted by Crippen LogP contribution is 2.21. The van der Waals surface area contributed by atoms with Gasteiger partial charge in [-0.15, -0.1) is 0 Å². The largest absolute Gasteiger partial charge is 0.399 e. The van der Waals surface area contributed by atoms with Crippen molar-refractivity contribution < 1.29 is 4.52 Å². The first-order valence-corrected chi connectivity index (χ1v) is 8.42. The van der Waals surface area contributed by atoms with Crippen molar-refractivity contribution in [3.8, 4) is 22.6 Å². The smallest absolute Gasteiger partial charge is 0.267 e. The lowest BCUT2D eigenvalue weighted by Crippen LogP contribution is -2.22. The molecule has 0 saturated carbocycles. The summed E-state index contributed by atoms with van der Waals surface area (Å²) in [7, 11) is 0. The molecule has 27 heavy (non-hydrogen) atoms. The summed E-state index contributed by atoms with van der Waals surface area (Å²) >= 11 is 0. The Labute approximate surface area is 155 Å². The molecule has 0 unspecified atom stereocenters. The first-order chi connectivity index (χ1) is 13.1. The zero-order valence-corrected chi connectivity index (χ0v) is 14.7. The van der Waals surface area contributed by atoms with Gasteiger partial charge in [-0.1, -0.05) is 41.6 Å². The van der Waals surface area contributed by atoms with Crippen molar-refractivity contribution in [3.05, 3.63) is 82.5 Å². The number of nitrogens with zero attached hydrogens (tertiary/aromatic N) is 4. The maximum atomic E-state index is 12.2. The van der Waals surface area contributed by atoms with Gasteiger partial charge >= 0.3 is 0 Å². The van der Waals surface area contributed by atoms with E-state index in [1.54, 1.807) is 13.0 Å². The van der Waals surface area contributed by atoms with Crippen molar-refractivity contribution in [2.45, 2.75) is 13.5 Å². The summed E-state index contributed by atoms with van der Waals surface area (Å²) in [4.78, 5) is 16.4. The topological polar surface area (TPSA) is 99.8 Å². The molecular weight excluding hydrogens is 342 g/mol. The lowest BCUT2D eigenvalue weighted by molar-refractivity contribution is 0.394. The molecule has 4 rings (SSSR count). The standard InChI is InChI=1S/C20H17N5O2/c1-13-22-20(24-27-13)16-7-5-15(6-8-16)18-9-10-19(26)25(23-18)12-14-3-2-4-17(21)11-14/h2-11H,12,21H2,1H3. The molecular formula is C20H17N5O2. The maximum absolute atomic E-state index is 12.2. The predicted molar refractivity (Wildman–Crippen MR) is 102 cm³/mol. The third kappa shape index (κ3) is 3.62. The summed E-state index contributed by atoms with van der Waals surface area (Å²) in [6, 6.07) is 18.3. The molecule has 2 aromatic carbocycles. The lowest BCUT2D eigenvalue weighted by atomic mass is 10.1. The Hall–Kier alpha value is -3.74. The van der Waals surface area contributed by atoms with Crippen LogP contribution in [-0.4, -0.2) is 19.9 Å². The monoisotopic (exact) mass is 359 g/mol. The zero-order chi connectivity index (χ0) is 18.8. The zero-order valence-electron chi connectivity index (χ0n) is 14.7.